The lowest BCUT2D eigenvalue weighted by molar-refractivity contribution is -0.138. The van der Waals surface area contributed by atoms with Gasteiger partial charge >= 0.3 is 5.97 Å². The Hall–Kier alpha value is -0.100. The molecule has 0 saturated heterocycles. The first-order valence-electron chi connectivity index (χ1n) is 5.32. The number of alkyl halides is 1. The molecular formula is C11H18INO2. The smallest absolute Gasteiger partial charge is 0.333 e. The fourth-order valence-electron chi connectivity index (χ4n) is 1.86. The van der Waals surface area contributed by atoms with Crippen LogP contribution in [0.2, 0.25) is 0 Å². The number of ether oxygens (including phenoxy) is 1. The van der Waals surface area contributed by atoms with E-state index in [1.807, 2.05) is 13.0 Å². The Bertz CT molecular complexity index is 263. The van der Waals surface area contributed by atoms with E-state index in [9.17, 15) is 4.79 Å². The second-order valence-corrected chi connectivity index (χ2v) is 5.86. The Morgan fingerprint density at radius 2 is 2.47 bits per heavy atom. The van der Waals surface area contributed by atoms with Crippen LogP contribution in [0.25, 0.3) is 0 Å². The number of carbonyl (C=O) groups excluding carboxylic acids is 1. The number of esters is 1. The van der Waals surface area contributed by atoms with E-state index in [1.54, 1.807) is 0 Å². The Balaban J connectivity index is 2.62. The summed E-state index contributed by atoms with van der Waals surface area (Å²) in [6, 6.07) is 0.0845. The maximum atomic E-state index is 11.5. The summed E-state index contributed by atoms with van der Waals surface area (Å²) < 4.78 is 5.50. The molecule has 1 aliphatic rings. The van der Waals surface area contributed by atoms with Crippen LogP contribution in [0.4, 0.5) is 0 Å². The lowest BCUT2D eigenvalue weighted by Crippen LogP contribution is -2.38. The molecule has 0 aromatic heterocycles. The first kappa shape index (κ1) is 13.0. The van der Waals surface area contributed by atoms with Crippen LogP contribution in [-0.4, -0.2) is 22.5 Å². The van der Waals surface area contributed by atoms with Crippen molar-refractivity contribution in [3.05, 3.63) is 11.6 Å². The molecule has 1 unspecified atom stereocenters. The van der Waals surface area contributed by atoms with E-state index in [1.165, 1.54) is 0 Å². The summed E-state index contributed by atoms with van der Waals surface area (Å²) in [5.41, 5.74) is 6.80. The summed E-state index contributed by atoms with van der Waals surface area (Å²) in [6.45, 7) is 4.41. The standard InChI is InChI=1S/C11H18INO2/c1-3-15-11(14)8-4-5-9(7(2)12)10(13)6-8/h4,7,9-10H,3,5-6,13H2,1-2H3/t7?,9-,10+/m1/s1. The van der Waals surface area contributed by atoms with Gasteiger partial charge in [-0.1, -0.05) is 35.6 Å². The maximum Gasteiger partial charge on any atom is 0.333 e. The van der Waals surface area contributed by atoms with Crippen LogP contribution in [0.5, 0.6) is 0 Å². The molecule has 0 spiro atoms. The fourth-order valence-corrected chi connectivity index (χ4v) is 2.69. The number of halogens is 1. The Labute approximate surface area is 105 Å². The molecular weight excluding hydrogens is 305 g/mol. The SMILES string of the molecule is CCOC(=O)C1=CC[C@H](C(C)I)[C@@H](N)C1. The van der Waals surface area contributed by atoms with Gasteiger partial charge in [0, 0.05) is 15.5 Å². The molecule has 1 rings (SSSR count). The number of hydrogen-bond donors (Lipinski definition) is 1. The molecule has 0 saturated carbocycles. The van der Waals surface area contributed by atoms with E-state index in [0.29, 0.717) is 22.9 Å². The van der Waals surface area contributed by atoms with Crippen molar-refractivity contribution >= 4 is 28.6 Å². The number of hydrogen-bond acceptors (Lipinski definition) is 3. The molecule has 0 amide bonds. The zero-order valence-electron chi connectivity index (χ0n) is 9.20. The van der Waals surface area contributed by atoms with E-state index in [2.05, 4.69) is 29.5 Å². The van der Waals surface area contributed by atoms with Crippen molar-refractivity contribution < 1.29 is 9.53 Å². The Morgan fingerprint density at radius 1 is 1.80 bits per heavy atom. The van der Waals surface area contributed by atoms with Gasteiger partial charge in [-0.3, -0.25) is 0 Å². The van der Waals surface area contributed by atoms with Crippen LogP contribution in [0.15, 0.2) is 11.6 Å². The molecule has 1 aliphatic carbocycles. The first-order valence-corrected chi connectivity index (χ1v) is 6.56. The van der Waals surface area contributed by atoms with Gasteiger partial charge in [0.25, 0.3) is 0 Å². The molecule has 0 bridgehead atoms. The second-order valence-electron chi connectivity index (χ2n) is 3.89. The van der Waals surface area contributed by atoms with Crippen molar-refractivity contribution in [3.63, 3.8) is 0 Å². The molecule has 15 heavy (non-hydrogen) atoms. The highest BCUT2D eigenvalue weighted by molar-refractivity contribution is 14.1. The van der Waals surface area contributed by atoms with Gasteiger partial charge in [0.2, 0.25) is 0 Å². The van der Waals surface area contributed by atoms with Crippen molar-refractivity contribution in [3.8, 4) is 0 Å². The number of nitrogens with two attached hydrogens (primary N) is 1. The van der Waals surface area contributed by atoms with Crippen LogP contribution < -0.4 is 5.73 Å². The third-order valence-corrected chi connectivity index (χ3v) is 3.69. The minimum atomic E-state index is -0.201. The summed E-state index contributed by atoms with van der Waals surface area (Å²) in [6.07, 6.45) is 3.53. The summed E-state index contributed by atoms with van der Waals surface area (Å²) >= 11 is 2.39. The van der Waals surface area contributed by atoms with Crippen LogP contribution >= 0.6 is 22.6 Å². The van der Waals surface area contributed by atoms with E-state index in [0.717, 1.165) is 12.0 Å². The van der Waals surface area contributed by atoms with Gasteiger partial charge in [-0.25, -0.2) is 4.79 Å². The van der Waals surface area contributed by atoms with Crippen LogP contribution in [0, 0.1) is 5.92 Å². The number of allylic oxidation sites excluding steroid dienone is 1. The van der Waals surface area contributed by atoms with Gasteiger partial charge in [0.05, 0.1) is 6.61 Å². The van der Waals surface area contributed by atoms with Crippen molar-refractivity contribution in [1.82, 2.24) is 0 Å². The minimum absolute atomic E-state index is 0.0845. The monoisotopic (exact) mass is 323 g/mol. The molecule has 0 radical (unpaired) electrons. The van der Waals surface area contributed by atoms with E-state index >= 15 is 0 Å². The molecule has 0 aliphatic heterocycles. The van der Waals surface area contributed by atoms with Gasteiger partial charge in [-0.15, -0.1) is 0 Å². The molecule has 86 valence electrons. The molecule has 2 N–H and O–H groups in total. The van der Waals surface area contributed by atoms with Gasteiger partial charge < -0.3 is 10.5 Å². The third-order valence-electron chi connectivity index (χ3n) is 2.77. The average Bonchev–Trinajstić information content (AvgIpc) is 2.17. The predicted molar refractivity (Wildman–Crippen MR) is 68.9 cm³/mol. The topological polar surface area (TPSA) is 52.3 Å². The number of carbonyl (C=O) groups is 1. The van der Waals surface area contributed by atoms with E-state index in [4.69, 9.17) is 10.5 Å². The third kappa shape index (κ3) is 3.45. The fraction of sp³-hybridized carbons (Fsp3) is 0.727. The van der Waals surface area contributed by atoms with Crippen molar-refractivity contribution in [2.24, 2.45) is 11.7 Å². The minimum Gasteiger partial charge on any atom is -0.463 e. The maximum absolute atomic E-state index is 11.5. The predicted octanol–water partition coefficient (Wildman–Crippen LogP) is 2.04. The van der Waals surface area contributed by atoms with Gasteiger partial charge in [0.1, 0.15) is 0 Å². The summed E-state index contributed by atoms with van der Waals surface area (Å²) in [5.74, 6) is 0.274. The molecule has 3 atom stereocenters. The molecule has 0 heterocycles. The number of rotatable bonds is 3. The van der Waals surface area contributed by atoms with Gasteiger partial charge in [-0.2, -0.15) is 0 Å². The van der Waals surface area contributed by atoms with E-state index in [-0.39, 0.29) is 12.0 Å². The highest BCUT2D eigenvalue weighted by Gasteiger charge is 2.28. The molecule has 4 heteroatoms. The summed E-state index contributed by atoms with van der Waals surface area (Å²) in [4.78, 5) is 11.5. The quantitative estimate of drug-likeness (QED) is 0.491. The highest BCUT2D eigenvalue weighted by atomic mass is 127. The van der Waals surface area contributed by atoms with Crippen molar-refractivity contribution in [1.29, 1.82) is 0 Å². The normalized spacial score (nSPS) is 28.1. The average molecular weight is 323 g/mol. The molecule has 0 fully saturated rings. The van der Waals surface area contributed by atoms with Gasteiger partial charge in [0.15, 0.2) is 0 Å². The zero-order chi connectivity index (χ0) is 11.4. The second kappa shape index (κ2) is 5.84. The van der Waals surface area contributed by atoms with Crippen LogP contribution in [0.3, 0.4) is 0 Å². The van der Waals surface area contributed by atoms with E-state index < -0.39 is 0 Å². The lowest BCUT2D eigenvalue weighted by Gasteiger charge is -2.29. The molecule has 3 nitrogen and oxygen atoms in total. The molecule has 0 aromatic rings. The summed E-state index contributed by atoms with van der Waals surface area (Å²) in [7, 11) is 0. The highest BCUT2D eigenvalue weighted by Crippen LogP contribution is 2.29. The zero-order valence-corrected chi connectivity index (χ0v) is 11.4. The van der Waals surface area contributed by atoms with Crippen molar-refractivity contribution in [2.75, 3.05) is 6.61 Å². The van der Waals surface area contributed by atoms with Crippen LogP contribution in [0.1, 0.15) is 26.7 Å². The molecule has 0 aromatic carbocycles. The Kier molecular flexibility index (Phi) is 5.05. The van der Waals surface area contributed by atoms with Crippen molar-refractivity contribution in [2.45, 2.75) is 36.7 Å². The Morgan fingerprint density at radius 3 is 2.93 bits per heavy atom. The summed E-state index contributed by atoms with van der Waals surface area (Å²) in [5, 5.41) is 0. The van der Waals surface area contributed by atoms with Crippen LogP contribution in [-0.2, 0) is 9.53 Å². The van der Waals surface area contributed by atoms with Gasteiger partial charge in [-0.05, 0) is 25.7 Å². The largest absolute Gasteiger partial charge is 0.463 e. The first-order chi connectivity index (χ1) is 7.06. The lowest BCUT2D eigenvalue weighted by atomic mass is 9.84.